The first kappa shape index (κ1) is 21.5. The summed E-state index contributed by atoms with van der Waals surface area (Å²) in [5, 5.41) is 3.12. The van der Waals surface area contributed by atoms with Gasteiger partial charge < -0.3 is 5.32 Å². The summed E-state index contributed by atoms with van der Waals surface area (Å²) in [5.41, 5.74) is 1.56. The fraction of sp³-hybridized carbons (Fsp3) is 0.435. The van der Waals surface area contributed by atoms with Crippen molar-refractivity contribution in [1.29, 1.82) is 0 Å². The van der Waals surface area contributed by atoms with E-state index in [1.807, 2.05) is 48.5 Å². The average molecular weight is 415 g/mol. The van der Waals surface area contributed by atoms with Crippen LogP contribution in [0.25, 0.3) is 0 Å². The van der Waals surface area contributed by atoms with Crippen LogP contribution in [0.3, 0.4) is 0 Å². The Morgan fingerprint density at radius 2 is 1.59 bits per heavy atom. The fourth-order valence-electron chi connectivity index (χ4n) is 4.04. The van der Waals surface area contributed by atoms with Crippen LogP contribution in [-0.2, 0) is 26.7 Å². The van der Waals surface area contributed by atoms with Gasteiger partial charge in [-0.05, 0) is 43.7 Å². The molecule has 1 aliphatic rings. The largest absolute Gasteiger partial charge is 0.355 e. The second kappa shape index (κ2) is 9.55. The number of nitrogens with zero attached hydrogens (tertiary/aromatic N) is 1. The topological polar surface area (TPSA) is 66.5 Å². The van der Waals surface area contributed by atoms with E-state index in [0.29, 0.717) is 32.5 Å². The van der Waals surface area contributed by atoms with Gasteiger partial charge in [0.05, 0.1) is 11.2 Å². The Morgan fingerprint density at radius 1 is 1.00 bits per heavy atom. The Hall–Kier alpha value is -2.18. The molecule has 0 atom stereocenters. The van der Waals surface area contributed by atoms with Crippen LogP contribution in [0.1, 0.15) is 37.3 Å². The number of hydrogen-bond acceptors (Lipinski definition) is 3. The van der Waals surface area contributed by atoms with Crippen LogP contribution in [0.15, 0.2) is 60.7 Å². The van der Waals surface area contributed by atoms with Crippen LogP contribution in [0.4, 0.5) is 0 Å². The van der Waals surface area contributed by atoms with Crippen LogP contribution >= 0.6 is 0 Å². The Morgan fingerprint density at radius 3 is 2.17 bits per heavy atom. The lowest BCUT2D eigenvalue weighted by molar-refractivity contribution is -0.128. The molecular weight excluding hydrogens is 384 g/mol. The molecule has 1 fully saturated rings. The molecule has 3 rings (SSSR count). The van der Waals surface area contributed by atoms with Gasteiger partial charge in [0.25, 0.3) is 0 Å². The lowest BCUT2D eigenvalue weighted by Gasteiger charge is -2.40. The number of benzene rings is 2. The van der Waals surface area contributed by atoms with Crippen molar-refractivity contribution in [3.05, 3.63) is 71.8 Å². The lowest BCUT2D eigenvalue weighted by atomic mass is 9.72. The minimum Gasteiger partial charge on any atom is -0.355 e. The summed E-state index contributed by atoms with van der Waals surface area (Å²) < 4.78 is 26.0. The third kappa shape index (κ3) is 5.06. The molecule has 29 heavy (non-hydrogen) atoms. The second-order valence-corrected chi connectivity index (χ2v) is 9.85. The molecule has 6 heteroatoms. The van der Waals surface area contributed by atoms with Crippen molar-refractivity contribution in [3.8, 4) is 0 Å². The maximum absolute atomic E-state index is 13.3. The number of piperidine rings is 1. The highest BCUT2D eigenvalue weighted by atomic mass is 32.2. The highest BCUT2D eigenvalue weighted by Crippen LogP contribution is 2.36. The van der Waals surface area contributed by atoms with Crippen LogP contribution in [-0.4, -0.2) is 44.0 Å². The maximum Gasteiger partial charge on any atom is 0.230 e. The molecule has 156 valence electrons. The first-order valence-electron chi connectivity index (χ1n) is 10.3. The molecule has 1 saturated heterocycles. The first-order chi connectivity index (χ1) is 14.0. The zero-order valence-corrected chi connectivity index (χ0v) is 17.8. The molecule has 0 aliphatic carbocycles. The summed E-state index contributed by atoms with van der Waals surface area (Å²) in [6.07, 6.45) is 2.79. The molecular formula is C23H30N2O3S. The predicted molar refractivity (Wildman–Crippen MR) is 116 cm³/mol. The summed E-state index contributed by atoms with van der Waals surface area (Å²) >= 11 is 0. The molecule has 0 aromatic heterocycles. The van der Waals surface area contributed by atoms with Gasteiger partial charge in [-0.25, -0.2) is 12.7 Å². The second-order valence-electron chi connectivity index (χ2n) is 7.59. The van der Waals surface area contributed by atoms with Crippen molar-refractivity contribution in [1.82, 2.24) is 9.62 Å². The molecule has 0 unspecified atom stereocenters. The Bertz CT molecular complexity index is 890. The molecule has 0 bridgehead atoms. The van der Waals surface area contributed by atoms with Crippen molar-refractivity contribution in [2.75, 3.05) is 25.4 Å². The summed E-state index contributed by atoms with van der Waals surface area (Å²) in [6.45, 7) is 3.03. The molecule has 1 aliphatic heterocycles. The molecule has 1 heterocycles. The SMILES string of the molecule is CCS(=O)(=O)N1CCC(C(=O)NCCCc2ccccc2)(c2ccccc2)CC1. The number of nitrogens with one attached hydrogen (secondary N) is 1. The normalized spacial score (nSPS) is 17.0. The van der Waals surface area contributed by atoms with E-state index in [9.17, 15) is 13.2 Å². The minimum atomic E-state index is -3.23. The number of carbonyl (C=O) groups excluding carboxylic acids is 1. The van der Waals surface area contributed by atoms with Gasteiger partial charge in [0.1, 0.15) is 0 Å². The van der Waals surface area contributed by atoms with E-state index in [1.165, 1.54) is 9.87 Å². The zero-order valence-electron chi connectivity index (χ0n) is 17.0. The molecule has 2 aromatic carbocycles. The van der Waals surface area contributed by atoms with Gasteiger partial charge in [-0.2, -0.15) is 0 Å². The van der Waals surface area contributed by atoms with E-state index in [2.05, 4.69) is 17.4 Å². The number of amides is 1. The number of rotatable bonds is 8. The Balaban J connectivity index is 1.67. The van der Waals surface area contributed by atoms with E-state index < -0.39 is 15.4 Å². The summed E-state index contributed by atoms with van der Waals surface area (Å²) in [6, 6.07) is 20.0. The standard InChI is InChI=1S/C23H30N2O3S/c1-2-29(27,28)25-18-15-23(16-19-25,21-13-7-4-8-14-21)22(26)24-17-9-12-20-10-5-3-6-11-20/h3-8,10-11,13-14H,2,9,12,15-19H2,1H3,(H,24,26). The van der Waals surface area contributed by atoms with Gasteiger partial charge >= 0.3 is 0 Å². The number of carbonyl (C=O) groups is 1. The molecule has 2 aromatic rings. The summed E-state index contributed by atoms with van der Waals surface area (Å²) in [7, 11) is -3.23. The third-order valence-electron chi connectivity index (χ3n) is 5.87. The smallest absolute Gasteiger partial charge is 0.230 e. The van der Waals surface area contributed by atoms with Crippen molar-refractivity contribution >= 4 is 15.9 Å². The molecule has 1 N–H and O–H groups in total. The van der Waals surface area contributed by atoms with Crippen LogP contribution in [0.2, 0.25) is 0 Å². The first-order valence-corrected chi connectivity index (χ1v) is 11.9. The van der Waals surface area contributed by atoms with Crippen molar-refractivity contribution in [3.63, 3.8) is 0 Å². The van der Waals surface area contributed by atoms with Gasteiger partial charge in [-0.3, -0.25) is 4.79 Å². The monoisotopic (exact) mass is 414 g/mol. The Kier molecular flexibility index (Phi) is 7.09. The van der Waals surface area contributed by atoms with E-state index in [0.717, 1.165) is 18.4 Å². The lowest BCUT2D eigenvalue weighted by Crippen LogP contribution is -2.53. The average Bonchev–Trinajstić information content (AvgIpc) is 2.78. The minimum absolute atomic E-state index is 0.00491. The van der Waals surface area contributed by atoms with Crippen LogP contribution in [0, 0.1) is 0 Å². The van der Waals surface area contributed by atoms with E-state index in [4.69, 9.17) is 0 Å². The zero-order chi connectivity index (χ0) is 20.7. The highest BCUT2D eigenvalue weighted by Gasteiger charge is 2.44. The predicted octanol–water partition coefficient (Wildman–Crippen LogP) is 3.12. The number of aryl methyl sites for hydroxylation is 1. The van der Waals surface area contributed by atoms with Crippen molar-refractivity contribution in [2.24, 2.45) is 0 Å². The fourth-order valence-corrected chi connectivity index (χ4v) is 5.15. The molecule has 1 amide bonds. The number of sulfonamides is 1. The van der Waals surface area contributed by atoms with Crippen LogP contribution < -0.4 is 5.32 Å². The van der Waals surface area contributed by atoms with Gasteiger partial charge in [-0.15, -0.1) is 0 Å². The van der Waals surface area contributed by atoms with Gasteiger partial charge in [0, 0.05) is 19.6 Å². The van der Waals surface area contributed by atoms with Crippen molar-refractivity contribution < 1.29 is 13.2 Å². The molecule has 0 radical (unpaired) electrons. The highest BCUT2D eigenvalue weighted by molar-refractivity contribution is 7.89. The molecule has 0 saturated carbocycles. The molecule has 0 spiro atoms. The number of hydrogen-bond donors (Lipinski definition) is 1. The third-order valence-corrected chi connectivity index (χ3v) is 7.75. The van der Waals surface area contributed by atoms with Gasteiger partial charge in [-0.1, -0.05) is 60.7 Å². The molecule has 5 nitrogen and oxygen atoms in total. The quantitative estimate of drug-likeness (QED) is 0.675. The van der Waals surface area contributed by atoms with E-state index in [1.54, 1.807) is 6.92 Å². The van der Waals surface area contributed by atoms with E-state index >= 15 is 0 Å². The van der Waals surface area contributed by atoms with Crippen molar-refractivity contribution in [2.45, 2.75) is 38.0 Å². The maximum atomic E-state index is 13.3. The summed E-state index contributed by atoms with van der Waals surface area (Å²) in [4.78, 5) is 13.3. The van der Waals surface area contributed by atoms with Gasteiger partial charge in [0.15, 0.2) is 0 Å². The Labute approximate surface area is 174 Å². The van der Waals surface area contributed by atoms with Crippen LogP contribution in [0.5, 0.6) is 0 Å². The van der Waals surface area contributed by atoms with Gasteiger partial charge in [0.2, 0.25) is 15.9 Å². The summed E-state index contributed by atoms with van der Waals surface area (Å²) in [5.74, 6) is 0.0992. The van der Waals surface area contributed by atoms with E-state index in [-0.39, 0.29) is 11.7 Å².